The number of benzene rings is 10. The molecule has 12 aromatic rings. The van der Waals surface area contributed by atoms with Crippen LogP contribution >= 0.6 is 0 Å². The van der Waals surface area contributed by atoms with Crippen molar-refractivity contribution in [2.75, 3.05) is 0 Å². The summed E-state index contributed by atoms with van der Waals surface area (Å²) in [5.41, 5.74) is 13.4. The molecule has 0 saturated carbocycles. The van der Waals surface area contributed by atoms with Crippen LogP contribution in [0.2, 0.25) is 0 Å². The maximum atomic E-state index is 2.43. The molecule has 2 aromatic heterocycles. The van der Waals surface area contributed by atoms with Crippen LogP contribution in [0.3, 0.4) is 0 Å². The highest BCUT2D eigenvalue weighted by Crippen LogP contribution is 2.45. The summed E-state index contributed by atoms with van der Waals surface area (Å²) in [5, 5.41) is 12.9. The van der Waals surface area contributed by atoms with Crippen LogP contribution in [0.5, 0.6) is 0 Å². The van der Waals surface area contributed by atoms with Crippen molar-refractivity contribution < 1.29 is 0 Å². The zero-order valence-electron chi connectivity index (χ0n) is 30.3. The van der Waals surface area contributed by atoms with Crippen LogP contribution < -0.4 is 0 Å². The van der Waals surface area contributed by atoms with Crippen LogP contribution in [0.4, 0.5) is 0 Å². The number of aromatic nitrogens is 2. The zero-order valence-corrected chi connectivity index (χ0v) is 30.3. The molecule has 0 spiro atoms. The minimum atomic E-state index is 1.16. The molecular formula is C53H34N2. The summed E-state index contributed by atoms with van der Waals surface area (Å²) in [5.74, 6) is 0. The molecule has 10 aromatic carbocycles. The monoisotopic (exact) mass is 698 g/mol. The minimum absolute atomic E-state index is 1.16. The maximum absolute atomic E-state index is 2.43. The molecule has 0 unspecified atom stereocenters. The van der Waals surface area contributed by atoms with E-state index < -0.39 is 0 Å². The highest BCUT2D eigenvalue weighted by atomic mass is 15.0. The molecule has 55 heavy (non-hydrogen) atoms. The summed E-state index contributed by atoms with van der Waals surface area (Å²) in [6, 6.07) is 69.7. The lowest BCUT2D eigenvalue weighted by Crippen LogP contribution is -1.95. The molecule has 0 saturated heterocycles. The summed E-state index contributed by atoms with van der Waals surface area (Å²) in [6.07, 6.45) is 0. The predicted molar refractivity (Wildman–Crippen MR) is 234 cm³/mol. The van der Waals surface area contributed by atoms with Gasteiger partial charge in [0.25, 0.3) is 0 Å². The van der Waals surface area contributed by atoms with E-state index in [-0.39, 0.29) is 0 Å². The number of hydrogen-bond donors (Lipinski definition) is 0. The predicted octanol–water partition coefficient (Wildman–Crippen LogP) is 14.4. The molecule has 0 N–H and O–H groups in total. The second-order valence-corrected chi connectivity index (χ2v) is 15.0. The molecule has 2 heteroatoms. The van der Waals surface area contributed by atoms with Gasteiger partial charge in [0, 0.05) is 32.9 Å². The average Bonchev–Trinajstić information content (AvgIpc) is 3.76. The molecule has 0 aliphatic heterocycles. The third kappa shape index (κ3) is 4.37. The molecule has 0 atom stereocenters. The van der Waals surface area contributed by atoms with Gasteiger partial charge in [0.15, 0.2) is 0 Å². The van der Waals surface area contributed by atoms with E-state index in [0.29, 0.717) is 0 Å². The van der Waals surface area contributed by atoms with Crippen LogP contribution in [0.25, 0.3) is 110 Å². The van der Waals surface area contributed by atoms with E-state index in [1.807, 2.05) is 0 Å². The fraction of sp³-hybridized carbons (Fsp3) is 0.0189. The SMILES string of the molecule is Cc1cc2ccc3c(-c4ccc(-n5c6ccccc6c6ccccc65)cc4)cc(-c4ccc(-n5c6ccccc6c6ccccc65)cc4)c4ccc(c1)c2c34. The zero-order chi connectivity index (χ0) is 36.2. The van der Waals surface area contributed by atoms with Gasteiger partial charge in [0.2, 0.25) is 0 Å². The highest BCUT2D eigenvalue weighted by Gasteiger charge is 2.19. The van der Waals surface area contributed by atoms with Crippen molar-refractivity contribution in [3.8, 4) is 33.6 Å². The summed E-state index contributed by atoms with van der Waals surface area (Å²) in [6.45, 7) is 2.20. The van der Waals surface area contributed by atoms with Gasteiger partial charge in [-0.2, -0.15) is 0 Å². The second-order valence-electron chi connectivity index (χ2n) is 15.0. The average molecular weight is 699 g/mol. The Morgan fingerprint density at radius 1 is 0.309 bits per heavy atom. The van der Waals surface area contributed by atoms with E-state index in [2.05, 4.69) is 204 Å². The van der Waals surface area contributed by atoms with Gasteiger partial charge in [-0.1, -0.05) is 133 Å². The third-order valence-corrected chi connectivity index (χ3v) is 11.9. The van der Waals surface area contributed by atoms with Crippen LogP contribution in [0, 0.1) is 6.92 Å². The number of hydrogen-bond acceptors (Lipinski definition) is 0. The third-order valence-electron chi connectivity index (χ3n) is 11.9. The van der Waals surface area contributed by atoms with E-state index in [1.54, 1.807) is 0 Å². The fourth-order valence-corrected chi connectivity index (χ4v) is 9.53. The summed E-state index contributed by atoms with van der Waals surface area (Å²) < 4.78 is 4.79. The lowest BCUT2D eigenvalue weighted by atomic mass is 9.85. The molecule has 2 heterocycles. The van der Waals surface area contributed by atoms with Gasteiger partial charge < -0.3 is 9.13 Å². The molecule has 0 fully saturated rings. The van der Waals surface area contributed by atoms with Crippen molar-refractivity contribution in [2.45, 2.75) is 6.92 Å². The van der Waals surface area contributed by atoms with Crippen molar-refractivity contribution in [3.05, 3.63) is 194 Å². The van der Waals surface area contributed by atoms with Crippen LogP contribution in [-0.4, -0.2) is 9.13 Å². The Morgan fingerprint density at radius 3 is 1.05 bits per heavy atom. The normalized spacial score (nSPS) is 12.1. The summed E-state index contributed by atoms with van der Waals surface area (Å²) in [4.78, 5) is 0. The van der Waals surface area contributed by atoms with Crippen molar-refractivity contribution in [1.29, 1.82) is 0 Å². The van der Waals surface area contributed by atoms with Gasteiger partial charge in [-0.05, 0) is 122 Å². The first kappa shape index (κ1) is 30.3. The van der Waals surface area contributed by atoms with Crippen LogP contribution in [0.1, 0.15) is 5.56 Å². The molecule has 0 radical (unpaired) electrons. The van der Waals surface area contributed by atoms with E-state index >= 15 is 0 Å². The maximum Gasteiger partial charge on any atom is 0.0541 e. The Bertz CT molecular complexity index is 3140. The number of nitrogens with zero attached hydrogens (tertiary/aromatic N) is 2. The van der Waals surface area contributed by atoms with E-state index in [4.69, 9.17) is 0 Å². The molecule has 2 nitrogen and oxygen atoms in total. The van der Waals surface area contributed by atoms with Gasteiger partial charge in [-0.15, -0.1) is 0 Å². The van der Waals surface area contributed by atoms with Crippen molar-refractivity contribution >= 4 is 75.9 Å². The lowest BCUT2D eigenvalue weighted by Gasteiger charge is -2.19. The van der Waals surface area contributed by atoms with Gasteiger partial charge in [-0.25, -0.2) is 0 Å². The molecular weight excluding hydrogens is 665 g/mol. The van der Waals surface area contributed by atoms with Gasteiger partial charge in [0.1, 0.15) is 0 Å². The number of aryl methyl sites for hydroxylation is 1. The molecule has 0 bridgehead atoms. The molecule has 0 aliphatic carbocycles. The Labute approximate surface area is 318 Å². The first-order valence-corrected chi connectivity index (χ1v) is 19.1. The molecule has 0 aliphatic rings. The van der Waals surface area contributed by atoms with Crippen molar-refractivity contribution in [3.63, 3.8) is 0 Å². The summed E-state index contributed by atoms with van der Waals surface area (Å²) >= 11 is 0. The summed E-state index contributed by atoms with van der Waals surface area (Å²) in [7, 11) is 0. The smallest absolute Gasteiger partial charge is 0.0541 e. The first-order valence-electron chi connectivity index (χ1n) is 19.1. The number of fused-ring (bicyclic) bond motifs is 6. The molecule has 12 rings (SSSR count). The van der Waals surface area contributed by atoms with Gasteiger partial charge in [0.05, 0.1) is 22.1 Å². The molecule has 0 amide bonds. The second kappa shape index (κ2) is 11.4. The number of rotatable bonds is 4. The standard InChI is InChI=1S/C53H34N2/c1-33-30-36-22-28-44-46(34-18-24-38(25-19-34)54-48-14-6-2-10-40(48)41-11-3-7-15-49(41)54)32-47(45-29-23-37(31-33)52(36)53(44)45)35-20-26-39(27-21-35)55-50-16-8-4-12-42(50)43-13-5-9-17-51(43)55/h2-32H,1H3. The Kier molecular flexibility index (Phi) is 6.29. The van der Waals surface area contributed by atoms with E-state index in [1.165, 1.54) is 104 Å². The lowest BCUT2D eigenvalue weighted by molar-refractivity contribution is 1.18. The van der Waals surface area contributed by atoms with Crippen molar-refractivity contribution in [2.24, 2.45) is 0 Å². The highest BCUT2D eigenvalue weighted by molar-refractivity contribution is 6.28. The van der Waals surface area contributed by atoms with Crippen LogP contribution in [-0.2, 0) is 0 Å². The molecule has 256 valence electrons. The Hall–Kier alpha value is -7.16. The minimum Gasteiger partial charge on any atom is -0.309 e. The topological polar surface area (TPSA) is 9.86 Å². The first-order chi connectivity index (χ1) is 27.2. The van der Waals surface area contributed by atoms with Gasteiger partial charge in [-0.3, -0.25) is 0 Å². The largest absolute Gasteiger partial charge is 0.309 e. The fourth-order valence-electron chi connectivity index (χ4n) is 9.53. The van der Waals surface area contributed by atoms with E-state index in [9.17, 15) is 0 Å². The van der Waals surface area contributed by atoms with Crippen LogP contribution in [0.15, 0.2) is 188 Å². The number of para-hydroxylation sites is 4. The quantitative estimate of drug-likeness (QED) is 0.162. The van der Waals surface area contributed by atoms with Gasteiger partial charge >= 0.3 is 0 Å². The van der Waals surface area contributed by atoms with E-state index in [0.717, 1.165) is 11.4 Å². The Balaban J connectivity index is 1.06. The Morgan fingerprint density at radius 2 is 0.673 bits per heavy atom. The van der Waals surface area contributed by atoms with Crippen molar-refractivity contribution in [1.82, 2.24) is 9.13 Å².